The van der Waals surface area contributed by atoms with E-state index in [0.717, 1.165) is 22.8 Å². The Bertz CT molecular complexity index is 480. The summed E-state index contributed by atoms with van der Waals surface area (Å²) in [6.07, 6.45) is 2.54. The predicted molar refractivity (Wildman–Crippen MR) is 65.6 cm³/mol. The first-order valence-corrected chi connectivity index (χ1v) is 7.08. The van der Waals surface area contributed by atoms with Crippen LogP contribution in [0.1, 0.15) is 16.1 Å². The van der Waals surface area contributed by atoms with Crippen LogP contribution in [0.3, 0.4) is 0 Å². The van der Waals surface area contributed by atoms with Crippen LogP contribution in [-0.4, -0.2) is 15.8 Å². The number of thioether (sulfide) groups is 1. The van der Waals surface area contributed by atoms with Gasteiger partial charge in [0.05, 0.1) is 11.5 Å². The summed E-state index contributed by atoms with van der Waals surface area (Å²) in [5, 5.41) is 9.15. The molecule has 0 amide bonds. The molecule has 0 unspecified atom stereocenters. The minimum atomic E-state index is -0.0663. The van der Waals surface area contributed by atoms with Gasteiger partial charge in [0.1, 0.15) is 5.69 Å². The topological polar surface area (TPSA) is 46.3 Å². The minimum absolute atomic E-state index is 0.0663. The van der Waals surface area contributed by atoms with Crippen molar-refractivity contribution in [3.8, 4) is 10.6 Å². The molecule has 1 N–H and O–H groups in total. The number of hydrogen-bond donors (Lipinski definition) is 1. The lowest BCUT2D eigenvalue weighted by Crippen LogP contribution is -1.96. The first-order chi connectivity index (χ1) is 7.88. The van der Waals surface area contributed by atoms with Gasteiger partial charge in [0.15, 0.2) is 12.2 Å². The van der Waals surface area contributed by atoms with Gasteiger partial charge < -0.3 is 9.52 Å². The molecule has 0 atom stereocenters. The number of fused-ring (bicyclic) bond motifs is 1. The van der Waals surface area contributed by atoms with Crippen LogP contribution in [-0.2, 0) is 18.8 Å². The molecule has 1 aliphatic rings. The Labute approximate surface area is 102 Å². The third kappa shape index (κ3) is 1.69. The zero-order valence-corrected chi connectivity index (χ0v) is 10.2. The van der Waals surface area contributed by atoms with E-state index in [1.165, 1.54) is 22.6 Å². The number of oxazole rings is 1. The minimum Gasteiger partial charge on any atom is -0.442 e. The van der Waals surface area contributed by atoms with Gasteiger partial charge in [0.2, 0.25) is 0 Å². The number of aryl methyl sites for hydroxylation is 1. The Morgan fingerprint density at radius 3 is 3.25 bits per heavy atom. The van der Waals surface area contributed by atoms with Gasteiger partial charge >= 0.3 is 0 Å². The fourth-order valence-corrected chi connectivity index (χ4v) is 4.22. The smallest absolute Gasteiger partial charge is 0.181 e. The molecule has 1 aliphatic heterocycles. The zero-order valence-electron chi connectivity index (χ0n) is 8.60. The number of rotatable bonds is 2. The van der Waals surface area contributed by atoms with Crippen LogP contribution < -0.4 is 0 Å². The largest absolute Gasteiger partial charge is 0.442 e. The molecule has 0 bridgehead atoms. The van der Waals surface area contributed by atoms with Crippen molar-refractivity contribution in [1.29, 1.82) is 0 Å². The lowest BCUT2D eigenvalue weighted by Gasteiger charge is -2.08. The van der Waals surface area contributed by atoms with Crippen molar-refractivity contribution in [2.24, 2.45) is 0 Å². The lowest BCUT2D eigenvalue weighted by molar-refractivity contribution is 0.277. The van der Waals surface area contributed by atoms with Crippen molar-refractivity contribution in [2.75, 3.05) is 5.75 Å². The quantitative estimate of drug-likeness (QED) is 0.894. The van der Waals surface area contributed by atoms with E-state index in [9.17, 15) is 0 Å². The molecule has 0 fully saturated rings. The highest BCUT2D eigenvalue weighted by molar-refractivity contribution is 7.98. The summed E-state index contributed by atoms with van der Waals surface area (Å²) in [5.41, 5.74) is 2.04. The summed E-state index contributed by atoms with van der Waals surface area (Å²) >= 11 is 3.73. The second-order valence-electron chi connectivity index (χ2n) is 3.65. The summed E-state index contributed by atoms with van der Waals surface area (Å²) in [6.45, 7) is -0.0663. The van der Waals surface area contributed by atoms with Crippen molar-refractivity contribution in [3.63, 3.8) is 0 Å². The average Bonchev–Trinajstić information content (AvgIpc) is 2.94. The van der Waals surface area contributed by atoms with E-state index in [-0.39, 0.29) is 6.61 Å². The first kappa shape index (κ1) is 10.4. The van der Waals surface area contributed by atoms with Crippen LogP contribution in [0.5, 0.6) is 0 Å². The molecule has 3 rings (SSSR count). The van der Waals surface area contributed by atoms with Crippen LogP contribution >= 0.6 is 23.1 Å². The molecule has 0 aliphatic carbocycles. The van der Waals surface area contributed by atoms with E-state index in [4.69, 9.17) is 9.52 Å². The van der Waals surface area contributed by atoms with Crippen molar-refractivity contribution in [3.05, 3.63) is 28.6 Å². The number of hydrogen-bond acceptors (Lipinski definition) is 5. The third-order valence-electron chi connectivity index (χ3n) is 2.64. The van der Waals surface area contributed by atoms with Gasteiger partial charge in [-0.1, -0.05) is 0 Å². The van der Waals surface area contributed by atoms with E-state index in [1.807, 2.05) is 11.8 Å². The summed E-state index contributed by atoms with van der Waals surface area (Å²) < 4.78 is 5.35. The highest BCUT2D eigenvalue weighted by Crippen LogP contribution is 2.37. The molecule has 0 saturated carbocycles. The SMILES string of the molecule is OCc1ncoc1-c1cc2c(s1)CCSC2. The summed E-state index contributed by atoms with van der Waals surface area (Å²) in [6, 6.07) is 2.17. The molecule has 0 saturated heterocycles. The molecular formula is C11H11NO2S2. The number of thiophene rings is 1. The molecule has 5 heteroatoms. The van der Waals surface area contributed by atoms with E-state index in [0.29, 0.717) is 5.69 Å². The maximum absolute atomic E-state index is 9.15. The van der Waals surface area contributed by atoms with E-state index in [1.54, 1.807) is 11.3 Å². The molecule has 16 heavy (non-hydrogen) atoms. The van der Waals surface area contributed by atoms with Crippen LogP contribution in [0.2, 0.25) is 0 Å². The maximum atomic E-state index is 9.15. The highest BCUT2D eigenvalue weighted by atomic mass is 32.2. The molecule has 3 heterocycles. The van der Waals surface area contributed by atoms with Gasteiger partial charge in [-0.15, -0.1) is 11.3 Å². The Kier molecular flexibility index (Phi) is 2.75. The lowest BCUT2D eigenvalue weighted by atomic mass is 10.2. The monoisotopic (exact) mass is 253 g/mol. The maximum Gasteiger partial charge on any atom is 0.181 e. The third-order valence-corrected chi connectivity index (χ3v) is 4.89. The van der Waals surface area contributed by atoms with Crippen LogP contribution in [0, 0.1) is 0 Å². The number of nitrogens with zero attached hydrogens (tertiary/aromatic N) is 1. The van der Waals surface area contributed by atoms with Gasteiger partial charge in [0, 0.05) is 10.6 Å². The summed E-state index contributed by atoms with van der Waals surface area (Å²) in [4.78, 5) is 6.55. The fraction of sp³-hybridized carbons (Fsp3) is 0.364. The first-order valence-electron chi connectivity index (χ1n) is 5.11. The summed E-state index contributed by atoms with van der Waals surface area (Å²) in [5.74, 6) is 3.02. The van der Waals surface area contributed by atoms with E-state index in [2.05, 4.69) is 11.1 Å². The molecule has 0 radical (unpaired) electrons. The molecule has 84 valence electrons. The summed E-state index contributed by atoms with van der Waals surface area (Å²) in [7, 11) is 0. The highest BCUT2D eigenvalue weighted by Gasteiger charge is 2.18. The van der Waals surface area contributed by atoms with Crippen molar-refractivity contribution in [2.45, 2.75) is 18.8 Å². The molecule has 3 nitrogen and oxygen atoms in total. The van der Waals surface area contributed by atoms with Crippen LogP contribution in [0.25, 0.3) is 10.6 Å². The second-order valence-corrected chi connectivity index (χ2v) is 5.89. The molecule has 0 spiro atoms. The predicted octanol–water partition coefficient (Wildman–Crippen LogP) is 2.68. The average molecular weight is 253 g/mol. The number of aliphatic hydroxyl groups excluding tert-OH is 1. The van der Waals surface area contributed by atoms with E-state index >= 15 is 0 Å². The van der Waals surface area contributed by atoms with Crippen molar-refractivity contribution >= 4 is 23.1 Å². The van der Waals surface area contributed by atoms with Crippen molar-refractivity contribution in [1.82, 2.24) is 4.98 Å². The van der Waals surface area contributed by atoms with Crippen molar-refractivity contribution < 1.29 is 9.52 Å². The van der Waals surface area contributed by atoms with Gasteiger partial charge in [-0.25, -0.2) is 4.98 Å². The van der Waals surface area contributed by atoms with Gasteiger partial charge in [0.25, 0.3) is 0 Å². The normalized spacial score (nSPS) is 15.1. The molecular weight excluding hydrogens is 242 g/mol. The Morgan fingerprint density at radius 2 is 2.44 bits per heavy atom. The Morgan fingerprint density at radius 1 is 1.50 bits per heavy atom. The van der Waals surface area contributed by atoms with Gasteiger partial charge in [-0.05, 0) is 23.8 Å². The molecule has 0 aromatic carbocycles. The van der Waals surface area contributed by atoms with Gasteiger partial charge in [-0.3, -0.25) is 0 Å². The fourth-order valence-electron chi connectivity index (χ4n) is 1.84. The standard InChI is InChI=1S/C11H11NO2S2/c13-4-8-11(14-6-12-8)10-3-7-5-15-2-1-9(7)16-10/h3,6,13H,1-2,4-5H2. The molecule has 2 aromatic heterocycles. The number of aliphatic hydroxyl groups is 1. The van der Waals surface area contributed by atoms with E-state index < -0.39 is 0 Å². The van der Waals surface area contributed by atoms with Gasteiger partial charge in [-0.2, -0.15) is 11.8 Å². The zero-order chi connectivity index (χ0) is 11.0. The Hall–Kier alpha value is -0.780. The molecule has 2 aromatic rings. The number of aromatic nitrogens is 1. The van der Waals surface area contributed by atoms with Crippen LogP contribution in [0.15, 0.2) is 16.9 Å². The van der Waals surface area contributed by atoms with Crippen LogP contribution in [0.4, 0.5) is 0 Å². The Balaban J connectivity index is 2.03. The second kappa shape index (κ2) is 4.24.